The Balaban J connectivity index is 1.58. The van der Waals surface area contributed by atoms with E-state index in [2.05, 4.69) is 10.6 Å². The normalized spacial score (nSPS) is 18.8. The molecule has 1 heterocycles. The lowest BCUT2D eigenvalue weighted by atomic mass is 9.77. The van der Waals surface area contributed by atoms with Crippen molar-refractivity contribution >= 4 is 17.5 Å². The van der Waals surface area contributed by atoms with E-state index in [0.717, 1.165) is 41.8 Å². The van der Waals surface area contributed by atoms with Crippen molar-refractivity contribution in [3.05, 3.63) is 64.7 Å². The highest BCUT2D eigenvalue weighted by atomic mass is 19.4. The van der Waals surface area contributed by atoms with Crippen molar-refractivity contribution in [3.8, 4) is 0 Å². The molecule has 0 saturated heterocycles. The number of benzene rings is 2. The van der Waals surface area contributed by atoms with Crippen LogP contribution in [-0.4, -0.2) is 11.8 Å². The number of halogens is 3. The van der Waals surface area contributed by atoms with Crippen molar-refractivity contribution in [2.45, 2.75) is 63.1 Å². The molecule has 1 atom stereocenters. The molecule has 0 spiro atoms. The first-order valence-corrected chi connectivity index (χ1v) is 10.6. The van der Waals surface area contributed by atoms with Gasteiger partial charge in [0.25, 0.3) is 0 Å². The minimum absolute atomic E-state index is 0.00846. The summed E-state index contributed by atoms with van der Waals surface area (Å²) in [5, 5.41) is 5.88. The fourth-order valence-electron chi connectivity index (χ4n) is 4.71. The summed E-state index contributed by atoms with van der Waals surface area (Å²) < 4.78 is 39.7. The summed E-state index contributed by atoms with van der Waals surface area (Å²) in [4.78, 5) is 24.9. The maximum Gasteiger partial charge on any atom is 0.416 e. The zero-order valence-electron chi connectivity index (χ0n) is 17.3. The Hall–Kier alpha value is -2.83. The monoisotopic (exact) mass is 430 g/mol. The van der Waals surface area contributed by atoms with Gasteiger partial charge in [-0.05, 0) is 55.0 Å². The number of amides is 2. The molecule has 164 valence electrons. The van der Waals surface area contributed by atoms with E-state index in [9.17, 15) is 22.8 Å². The molecule has 1 fully saturated rings. The number of alkyl halides is 3. The zero-order valence-corrected chi connectivity index (χ0v) is 17.3. The number of aryl methyl sites for hydroxylation is 1. The molecule has 2 aromatic rings. The highest BCUT2D eigenvalue weighted by molar-refractivity contribution is 5.94. The first kappa shape index (κ1) is 21.4. The number of rotatable bonds is 4. The van der Waals surface area contributed by atoms with Crippen LogP contribution in [0, 0.1) is 0 Å². The van der Waals surface area contributed by atoms with Crippen molar-refractivity contribution in [1.82, 2.24) is 5.32 Å². The maximum absolute atomic E-state index is 13.4. The van der Waals surface area contributed by atoms with Gasteiger partial charge in [-0.1, -0.05) is 43.2 Å². The predicted molar refractivity (Wildman–Crippen MR) is 112 cm³/mol. The molecular formula is C24H25F3N2O2. The lowest BCUT2D eigenvalue weighted by Gasteiger charge is -2.31. The van der Waals surface area contributed by atoms with Crippen LogP contribution in [0.4, 0.5) is 18.9 Å². The third kappa shape index (κ3) is 4.18. The third-order valence-corrected chi connectivity index (χ3v) is 6.51. The Morgan fingerprint density at radius 1 is 1.10 bits per heavy atom. The van der Waals surface area contributed by atoms with Gasteiger partial charge < -0.3 is 10.6 Å². The van der Waals surface area contributed by atoms with Crippen molar-refractivity contribution in [1.29, 1.82) is 0 Å². The molecule has 0 unspecified atom stereocenters. The number of anilines is 1. The van der Waals surface area contributed by atoms with Crippen LogP contribution in [0.25, 0.3) is 0 Å². The van der Waals surface area contributed by atoms with Gasteiger partial charge in [0.15, 0.2) is 0 Å². The summed E-state index contributed by atoms with van der Waals surface area (Å²) in [6, 6.07) is 10.5. The van der Waals surface area contributed by atoms with Crippen LogP contribution >= 0.6 is 0 Å². The van der Waals surface area contributed by atoms with E-state index in [0.29, 0.717) is 31.2 Å². The second kappa shape index (κ2) is 8.02. The van der Waals surface area contributed by atoms with Gasteiger partial charge in [0, 0.05) is 12.1 Å². The third-order valence-electron chi connectivity index (χ3n) is 6.51. The fourth-order valence-corrected chi connectivity index (χ4v) is 4.71. The van der Waals surface area contributed by atoms with Gasteiger partial charge >= 0.3 is 6.18 Å². The number of carbonyl (C=O) groups excluding carboxylic acids is 2. The van der Waals surface area contributed by atoms with Crippen molar-refractivity contribution in [2.24, 2.45) is 0 Å². The summed E-state index contributed by atoms with van der Waals surface area (Å²) in [7, 11) is 0. The predicted octanol–water partition coefficient (Wildman–Crippen LogP) is 5.28. The molecule has 7 heteroatoms. The van der Waals surface area contributed by atoms with E-state index in [1.807, 2.05) is 25.1 Å². The SMILES string of the molecule is C[C@H](NC(=O)C1(c2cccc(C(F)(F)F)c2)CCCC1)c1ccc2c(c1)CCC(=O)N2. The average Bonchev–Trinajstić information content (AvgIpc) is 3.24. The Morgan fingerprint density at radius 3 is 2.55 bits per heavy atom. The fraction of sp³-hybridized carbons (Fsp3) is 0.417. The summed E-state index contributed by atoms with van der Waals surface area (Å²) in [5.74, 6) is -0.242. The molecule has 31 heavy (non-hydrogen) atoms. The van der Waals surface area contributed by atoms with Crippen LogP contribution in [-0.2, 0) is 27.6 Å². The molecule has 2 N–H and O–H groups in total. The molecule has 0 radical (unpaired) electrons. The standard InChI is InChI=1S/C24H25F3N2O2/c1-15(16-7-9-20-17(13-16)8-10-21(30)29-20)28-22(31)23(11-2-3-12-23)18-5-4-6-19(14-18)24(25,26)27/h4-7,9,13-15H,2-3,8,10-12H2,1H3,(H,28,31)(H,29,30)/t15-/m0/s1. The lowest BCUT2D eigenvalue weighted by Crippen LogP contribution is -2.43. The molecule has 0 bridgehead atoms. The summed E-state index contributed by atoms with van der Waals surface area (Å²) in [6.07, 6.45) is -0.711. The summed E-state index contributed by atoms with van der Waals surface area (Å²) in [5.41, 5.74) is 1.46. The molecule has 4 rings (SSSR count). The minimum Gasteiger partial charge on any atom is -0.349 e. The number of carbonyl (C=O) groups is 2. The van der Waals surface area contributed by atoms with E-state index >= 15 is 0 Å². The Labute approximate surface area is 179 Å². The quantitative estimate of drug-likeness (QED) is 0.694. The van der Waals surface area contributed by atoms with Crippen molar-refractivity contribution in [2.75, 3.05) is 5.32 Å². The van der Waals surface area contributed by atoms with Crippen molar-refractivity contribution in [3.63, 3.8) is 0 Å². The lowest BCUT2D eigenvalue weighted by molar-refractivity contribution is -0.138. The molecule has 1 saturated carbocycles. The highest BCUT2D eigenvalue weighted by Crippen LogP contribution is 2.43. The molecule has 4 nitrogen and oxygen atoms in total. The van der Waals surface area contributed by atoms with Gasteiger partial charge in [0.2, 0.25) is 11.8 Å². The van der Waals surface area contributed by atoms with Crippen LogP contribution in [0.1, 0.15) is 67.3 Å². The summed E-state index contributed by atoms with van der Waals surface area (Å²) >= 11 is 0. The van der Waals surface area contributed by atoms with Crippen molar-refractivity contribution < 1.29 is 22.8 Å². The second-order valence-corrected chi connectivity index (χ2v) is 8.53. The van der Waals surface area contributed by atoms with Gasteiger partial charge in [0.05, 0.1) is 17.0 Å². The van der Waals surface area contributed by atoms with Gasteiger partial charge in [-0.15, -0.1) is 0 Å². The van der Waals surface area contributed by atoms with E-state index in [4.69, 9.17) is 0 Å². The summed E-state index contributed by atoms with van der Waals surface area (Å²) in [6.45, 7) is 1.87. The van der Waals surface area contributed by atoms with Gasteiger partial charge in [-0.25, -0.2) is 0 Å². The number of fused-ring (bicyclic) bond motifs is 1. The molecule has 1 aliphatic heterocycles. The largest absolute Gasteiger partial charge is 0.416 e. The van der Waals surface area contributed by atoms with Gasteiger partial charge in [0.1, 0.15) is 0 Å². The van der Waals surface area contributed by atoms with E-state index < -0.39 is 17.2 Å². The maximum atomic E-state index is 13.4. The molecule has 1 aliphatic carbocycles. The first-order chi connectivity index (χ1) is 14.7. The molecule has 0 aromatic heterocycles. The smallest absolute Gasteiger partial charge is 0.349 e. The zero-order chi connectivity index (χ0) is 22.2. The second-order valence-electron chi connectivity index (χ2n) is 8.53. The van der Waals surface area contributed by atoms with Crippen LogP contribution in [0.2, 0.25) is 0 Å². The topological polar surface area (TPSA) is 58.2 Å². The minimum atomic E-state index is -4.45. The highest BCUT2D eigenvalue weighted by Gasteiger charge is 2.44. The van der Waals surface area contributed by atoms with Crippen LogP contribution in [0.3, 0.4) is 0 Å². The van der Waals surface area contributed by atoms with E-state index in [-0.39, 0.29) is 17.9 Å². The molecule has 2 aromatic carbocycles. The Bertz CT molecular complexity index is 1010. The first-order valence-electron chi connectivity index (χ1n) is 10.6. The van der Waals surface area contributed by atoms with Gasteiger partial charge in [-0.2, -0.15) is 13.2 Å². The molecule has 2 aliphatic rings. The van der Waals surface area contributed by atoms with Crippen LogP contribution in [0.5, 0.6) is 0 Å². The molecule has 2 amide bonds. The number of hydrogen-bond donors (Lipinski definition) is 2. The number of hydrogen-bond acceptors (Lipinski definition) is 2. The molecular weight excluding hydrogens is 405 g/mol. The number of nitrogens with one attached hydrogen (secondary N) is 2. The average molecular weight is 430 g/mol. The van der Waals surface area contributed by atoms with Gasteiger partial charge in [-0.3, -0.25) is 9.59 Å². The Kier molecular flexibility index (Phi) is 5.54. The Morgan fingerprint density at radius 2 is 1.84 bits per heavy atom. The van der Waals surface area contributed by atoms with Crippen LogP contribution < -0.4 is 10.6 Å². The van der Waals surface area contributed by atoms with E-state index in [1.165, 1.54) is 6.07 Å². The van der Waals surface area contributed by atoms with Crippen LogP contribution in [0.15, 0.2) is 42.5 Å². The van der Waals surface area contributed by atoms with E-state index in [1.54, 1.807) is 6.07 Å².